The average Bonchev–Trinajstić information content (AvgIpc) is 2.38. The molecule has 0 heterocycles. The molecule has 1 aromatic carbocycles. The maximum atomic E-state index is 12.4. The molecule has 0 aliphatic rings. The number of aryl methyl sites for hydroxylation is 1. The van der Waals surface area contributed by atoms with Crippen molar-refractivity contribution in [1.29, 1.82) is 0 Å². The normalized spacial score (nSPS) is 11.5. The van der Waals surface area contributed by atoms with Gasteiger partial charge in [-0.25, -0.2) is 8.42 Å². The summed E-state index contributed by atoms with van der Waals surface area (Å²) < 4.78 is 26.2. The summed E-state index contributed by atoms with van der Waals surface area (Å²) in [6.07, 6.45) is 3.06. The van der Waals surface area contributed by atoms with E-state index >= 15 is 0 Å². The van der Waals surface area contributed by atoms with E-state index in [1.807, 2.05) is 6.92 Å². The molecule has 0 aliphatic carbocycles. The van der Waals surface area contributed by atoms with Crippen molar-refractivity contribution in [2.75, 3.05) is 13.1 Å². The van der Waals surface area contributed by atoms with Crippen molar-refractivity contribution in [2.45, 2.75) is 18.4 Å². The van der Waals surface area contributed by atoms with Crippen LogP contribution in [0.2, 0.25) is 0 Å². The van der Waals surface area contributed by atoms with E-state index in [4.69, 9.17) is 0 Å². The molecule has 0 aliphatic heterocycles. The summed E-state index contributed by atoms with van der Waals surface area (Å²) >= 11 is 0. The van der Waals surface area contributed by atoms with Crippen LogP contribution in [0, 0.1) is 6.92 Å². The van der Waals surface area contributed by atoms with Crippen LogP contribution < -0.4 is 0 Å². The minimum Gasteiger partial charge on any atom is -0.392 e. The van der Waals surface area contributed by atoms with Gasteiger partial charge in [-0.15, -0.1) is 13.2 Å². The van der Waals surface area contributed by atoms with Gasteiger partial charge < -0.3 is 5.11 Å². The minimum atomic E-state index is -3.59. The molecule has 0 unspecified atom stereocenters. The van der Waals surface area contributed by atoms with Gasteiger partial charge in [0.25, 0.3) is 0 Å². The van der Waals surface area contributed by atoms with E-state index in [0.717, 1.165) is 5.56 Å². The fourth-order valence-corrected chi connectivity index (χ4v) is 3.12. The molecule has 1 N–H and O–H groups in total. The quantitative estimate of drug-likeness (QED) is 0.776. The number of aliphatic hydroxyl groups excluding tert-OH is 1. The van der Waals surface area contributed by atoms with Crippen LogP contribution in [0.15, 0.2) is 48.4 Å². The second-order valence-electron chi connectivity index (χ2n) is 4.15. The summed E-state index contributed by atoms with van der Waals surface area (Å²) in [7, 11) is -3.59. The molecule has 1 rings (SSSR count). The Labute approximate surface area is 114 Å². The SMILES string of the molecule is C=CCN(CC=C)S(=O)(=O)c1ccc(C)c(CO)c1. The molecule has 0 radical (unpaired) electrons. The third-order valence-electron chi connectivity index (χ3n) is 2.79. The number of nitrogens with zero attached hydrogens (tertiary/aromatic N) is 1. The molecule has 0 saturated heterocycles. The topological polar surface area (TPSA) is 57.6 Å². The average molecular weight is 281 g/mol. The predicted octanol–water partition coefficient (Wildman–Crippen LogP) is 1.85. The summed E-state index contributed by atoms with van der Waals surface area (Å²) in [4.78, 5) is 0.172. The molecule has 0 saturated carbocycles. The van der Waals surface area contributed by atoms with Crippen LogP contribution in [0.3, 0.4) is 0 Å². The first-order chi connectivity index (χ1) is 8.97. The van der Waals surface area contributed by atoms with E-state index in [1.54, 1.807) is 12.1 Å². The highest BCUT2D eigenvalue weighted by atomic mass is 32.2. The monoisotopic (exact) mass is 281 g/mol. The molecule has 1 aromatic rings. The van der Waals surface area contributed by atoms with E-state index in [2.05, 4.69) is 13.2 Å². The van der Waals surface area contributed by atoms with Crippen molar-refractivity contribution >= 4 is 10.0 Å². The Balaban J connectivity index is 3.24. The van der Waals surface area contributed by atoms with Crippen LogP contribution >= 0.6 is 0 Å². The zero-order valence-electron chi connectivity index (χ0n) is 11.0. The lowest BCUT2D eigenvalue weighted by Gasteiger charge is -2.19. The minimum absolute atomic E-state index is 0.172. The van der Waals surface area contributed by atoms with Crippen molar-refractivity contribution in [3.63, 3.8) is 0 Å². The Morgan fingerprint density at radius 1 is 1.26 bits per heavy atom. The van der Waals surface area contributed by atoms with Crippen molar-refractivity contribution in [3.8, 4) is 0 Å². The fraction of sp³-hybridized carbons (Fsp3) is 0.286. The van der Waals surface area contributed by atoms with Gasteiger partial charge in [0.2, 0.25) is 10.0 Å². The van der Waals surface area contributed by atoms with Crippen molar-refractivity contribution < 1.29 is 13.5 Å². The van der Waals surface area contributed by atoms with Crippen LogP contribution in [0.25, 0.3) is 0 Å². The molecular formula is C14H19NO3S. The van der Waals surface area contributed by atoms with Crippen molar-refractivity contribution in [2.24, 2.45) is 0 Å². The Bertz CT molecular complexity index is 554. The standard InChI is InChI=1S/C14H19NO3S/c1-4-8-15(9-5-2)19(17,18)14-7-6-12(3)13(10-14)11-16/h4-7,10,16H,1-2,8-9,11H2,3H3. The highest BCUT2D eigenvalue weighted by Crippen LogP contribution is 2.19. The summed E-state index contributed by atoms with van der Waals surface area (Å²) in [5, 5.41) is 9.21. The molecule has 4 nitrogen and oxygen atoms in total. The number of benzene rings is 1. The zero-order valence-corrected chi connectivity index (χ0v) is 11.9. The largest absolute Gasteiger partial charge is 0.392 e. The van der Waals surface area contributed by atoms with Crippen molar-refractivity contribution in [1.82, 2.24) is 4.31 Å². The van der Waals surface area contributed by atoms with E-state index in [1.165, 1.54) is 22.5 Å². The number of hydrogen-bond donors (Lipinski definition) is 1. The fourth-order valence-electron chi connectivity index (χ4n) is 1.69. The van der Waals surface area contributed by atoms with Crippen LogP contribution in [-0.4, -0.2) is 30.9 Å². The number of sulfonamides is 1. The van der Waals surface area contributed by atoms with Gasteiger partial charge in [-0.2, -0.15) is 4.31 Å². The van der Waals surface area contributed by atoms with Crippen LogP contribution in [0.1, 0.15) is 11.1 Å². The van der Waals surface area contributed by atoms with Crippen LogP contribution in [0.5, 0.6) is 0 Å². The predicted molar refractivity (Wildman–Crippen MR) is 76.3 cm³/mol. The van der Waals surface area contributed by atoms with Crippen molar-refractivity contribution in [3.05, 3.63) is 54.6 Å². The van der Waals surface area contributed by atoms with Crippen LogP contribution in [-0.2, 0) is 16.6 Å². The smallest absolute Gasteiger partial charge is 0.243 e. The summed E-state index contributed by atoms with van der Waals surface area (Å²) in [5.74, 6) is 0. The molecule has 0 fully saturated rings. The molecular weight excluding hydrogens is 262 g/mol. The van der Waals surface area contributed by atoms with Gasteiger partial charge >= 0.3 is 0 Å². The Kier molecular flexibility index (Phi) is 5.47. The first kappa shape index (κ1) is 15.6. The second kappa shape index (κ2) is 6.65. The maximum Gasteiger partial charge on any atom is 0.243 e. The Hall–Kier alpha value is -1.43. The Morgan fingerprint density at radius 2 is 1.84 bits per heavy atom. The summed E-state index contributed by atoms with van der Waals surface area (Å²) in [6, 6.07) is 4.74. The first-order valence-electron chi connectivity index (χ1n) is 5.89. The molecule has 19 heavy (non-hydrogen) atoms. The lowest BCUT2D eigenvalue weighted by Crippen LogP contribution is -2.31. The molecule has 0 aromatic heterocycles. The van der Waals surface area contributed by atoms with Gasteiger partial charge in [-0.1, -0.05) is 18.2 Å². The molecule has 5 heteroatoms. The van der Waals surface area contributed by atoms with Gasteiger partial charge in [0.15, 0.2) is 0 Å². The van der Waals surface area contributed by atoms with E-state index < -0.39 is 10.0 Å². The highest BCUT2D eigenvalue weighted by molar-refractivity contribution is 7.89. The van der Waals surface area contributed by atoms with E-state index in [9.17, 15) is 13.5 Å². The van der Waals surface area contributed by atoms with E-state index in [-0.39, 0.29) is 24.6 Å². The molecule has 0 bridgehead atoms. The van der Waals surface area contributed by atoms with Gasteiger partial charge in [0.05, 0.1) is 11.5 Å². The molecule has 0 spiro atoms. The Morgan fingerprint density at radius 3 is 2.32 bits per heavy atom. The van der Waals surface area contributed by atoms with Gasteiger partial charge in [-0.3, -0.25) is 0 Å². The lowest BCUT2D eigenvalue weighted by atomic mass is 10.1. The molecule has 104 valence electrons. The van der Waals surface area contributed by atoms with Gasteiger partial charge in [0.1, 0.15) is 0 Å². The first-order valence-corrected chi connectivity index (χ1v) is 7.33. The van der Waals surface area contributed by atoms with E-state index in [0.29, 0.717) is 5.56 Å². The zero-order chi connectivity index (χ0) is 14.5. The lowest BCUT2D eigenvalue weighted by molar-refractivity contribution is 0.280. The number of hydrogen-bond acceptors (Lipinski definition) is 3. The third-order valence-corrected chi connectivity index (χ3v) is 4.62. The number of aliphatic hydroxyl groups is 1. The summed E-state index contributed by atoms with van der Waals surface area (Å²) in [6.45, 7) is 9.20. The summed E-state index contributed by atoms with van der Waals surface area (Å²) in [5.41, 5.74) is 1.47. The van der Waals surface area contributed by atoms with Crippen LogP contribution in [0.4, 0.5) is 0 Å². The maximum absolute atomic E-state index is 12.4. The highest BCUT2D eigenvalue weighted by Gasteiger charge is 2.22. The second-order valence-corrected chi connectivity index (χ2v) is 6.08. The third kappa shape index (κ3) is 3.53. The number of rotatable bonds is 7. The van der Waals surface area contributed by atoms with Gasteiger partial charge in [-0.05, 0) is 30.2 Å². The molecule has 0 atom stereocenters. The van der Waals surface area contributed by atoms with Gasteiger partial charge in [0, 0.05) is 13.1 Å². The molecule has 0 amide bonds.